The molecule has 0 unspecified atom stereocenters. The fourth-order valence-corrected chi connectivity index (χ4v) is 3.26. The maximum atomic E-state index is 14.9. The molecule has 0 aliphatic heterocycles. The Balaban J connectivity index is 1.86. The van der Waals surface area contributed by atoms with Crippen molar-refractivity contribution in [1.82, 2.24) is 0 Å². The van der Waals surface area contributed by atoms with E-state index in [0.29, 0.717) is 17.1 Å². The number of hydrogen-bond donors (Lipinski definition) is 0. The van der Waals surface area contributed by atoms with Gasteiger partial charge in [0.1, 0.15) is 28.7 Å². The highest BCUT2D eigenvalue weighted by molar-refractivity contribution is 5.92. The zero-order valence-corrected chi connectivity index (χ0v) is 17.7. The first-order valence-electron chi connectivity index (χ1n) is 9.86. The van der Waals surface area contributed by atoms with Crippen LogP contribution in [0.2, 0.25) is 0 Å². The van der Waals surface area contributed by atoms with Crippen LogP contribution in [0.25, 0.3) is 0 Å². The zero-order valence-electron chi connectivity index (χ0n) is 17.7. The molecule has 3 nitrogen and oxygen atoms in total. The highest BCUT2D eigenvalue weighted by Gasteiger charge is 2.20. The Kier molecular flexibility index (Phi) is 6.85. The predicted molar refractivity (Wildman–Crippen MR) is 117 cm³/mol. The predicted octanol–water partition coefficient (Wildman–Crippen LogP) is 6.78. The number of para-hydroxylation sites is 1. The van der Waals surface area contributed by atoms with Crippen molar-refractivity contribution in [3.8, 4) is 11.5 Å². The van der Waals surface area contributed by atoms with Gasteiger partial charge in [-0.3, -0.25) is 0 Å². The normalized spacial score (nSPS) is 11.8. The number of hydrogen-bond acceptors (Lipinski definition) is 3. The van der Waals surface area contributed by atoms with E-state index in [1.54, 1.807) is 42.5 Å². The van der Waals surface area contributed by atoms with Crippen LogP contribution >= 0.6 is 0 Å². The van der Waals surface area contributed by atoms with Crippen LogP contribution in [0.5, 0.6) is 11.5 Å². The second-order valence-corrected chi connectivity index (χ2v) is 7.73. The monoisotopic (exact) mass is 422 g/mol. The Bertz CT molecular complexity index is 1070. The van der Waals surface area contributed by atoms with Gasteiger partial charge in [-0.15, -0.1) is 0 Å². The smallest absolute Gasteiger partial charge is 0.341 e. The van der Waals surface area contributed by atoms with E-state index in [4.69, 9.17) is 9.47 Å². The van der Waals surface area contributed by atoms with Gasteiger partial charge < -0.3 is 9.47 Å². The molecule has 0 saturated heterocycles. The van der Waals surface area contributed by atoms with E-state index >= 15 is 0 Å². The lowest BCUT2D eigenvalue weighted by molar-refractivity contribution is 0.0598. The fourth-order valence-electron chi connectivity index (χ4n) is 3.26. The molecule has 0 bridgehead atoms. The summed E-state index contributed by atoms with van der Waals surface area (Å²) in [5.74, 6) is -0.364. The molecule has 0 saturated carbocycles. The Morgan fingerprint density at radius 2 is 1.68 bits per heavy atom. The van der Waals surface area contributed by atoms with Gasteiger partial charge in [0, 0.05) is 11.8 Å². The van der Waals surface area contributed by atoms with Crippen molar-refractivity contribution in [3.63, 3.8) is 0 Å². The van der Waals surface area contributed by atoms with Crippen LogP contribution in [-0.4, -0.2) is 13.1 Å². The molecule has 0 heterocycles. The Labute approximate surface area is 180 Å². The summed E-state index contributed by atoms with van der Waals surface area (Å²) in [7, 11) is 1.29. The highest BCUT2D eigenvalue weighted by atomic mass is 19.1. The third-order valence-corrected chi connectivity index (χ3v) is 4.90. The summed E-state index contributed by atoms with van der Waals surface area (Å²) in [4.78, 5) is 12.1. The van der Waals surface area contributed by atoms with E-state index < -0.39 is 11.4 Å². The number of carbonyl (C=O) groups excluding carboxylic acids is 1. The highest BCUT2D eigenvalue weighted by Crippen LogP contribution is 2.30. The molecule has 0 radical (unpaired) electrons. The maximum Gasteiger partial charge on any atom is 0.341 e. The van der Waals surface area contributed by atoms with Gasteiger partial charge >= 0.3 is 5.97 Å². The summed E-state index contributed by atoms with van der Waals surface area (Å²) in [5, 5.41) is 0. The SMILES string of the molecule is COC(=O)c1ccc(C/C(F)=C/C(C)(C)c2ccc(F)cc2)cc1Oc1ccccc1. The first-order chi connectivity index (χ1) is 14.8. The molecule has 0 fully saturated rings. The first kappa shape index (κ1) is 22.2. The summed E-state index contributed by atoms with van der Waals surface area (Å²) in [5.41, 5.74) is 1.08. The second-order valence-electron chi connectivity index (χ2n) is 7.73. The summed E-state index contributed by atoms with van der Waals surface area (Å²) >= 11 is 0. The average Bonchev–Trinajstić information content (AvgIpc) is 2.74. The van der Waals surface area contributed by atoms with Crippen LogP contribution in [0, 0.1) is 5.82 Å². The van der Waals surface area contributed by atoms with Crippen molar-refractivity contribution < 1.29 is 23.0 Å². The molecule has 0 atom stereocenters. The lowest BCUT2D eigenvalue weighted by Gasteiger charge is -2.21. The second kappa shape index (κ2) is 9.56. The van der Waals surface area contributed by atoms with Crippen molar-refractivity contribution >= 4 is 5.97 Å². The summed E-state index contributed by atoms with van der Waals surface area (Å²) in [6, 6.07) is 19.9. The van der Waals surface area contributed by atoms with Gasteiger partial charge in [0.05, 0.1) is 7.11 Å². The molecule has 0 aliphatic carbocycles. The van der Waals surface area contributed by atoms with E-state index in [9.17, 15) is 13.6 Å². The topological polar surface area (TPSA) is 35.5 Å². The summed E-state index contributed by atoms with van der Waals surface area (Å²) in [6.45, 7) is 3.73. The lowest BCUT2D eigenvalue weighted by Crippen LogP contribution is -2.14. The minimum absolute atomic E-state index is 0.0250. The molecule has 0 spiro atoms. The minimum atomic E-state index is -0.618. The number of methoxy groups -OCH3 is 1. The Hall–Kier alpha value is -3.47. The van der Waals surface area contributed by atoms with E-state index in [-0.39, 0.29) is 23.6 Å². The van der Waals surface area contributed by atoms with Crippen LogP contribution in [-0.2, 0) is 16.6 Å². The zero-order chi connectivity index (χ0) is 22.4. The summed E-state index contributed by atoms with van der Waals surface area (Å²) < 4.78 is 38.8. The van der Waals surface area contributed by atoms with E-state index in [0.717, 1.165) is 5.56 Å². The molecular formula is C26H24F2O3. The largest absolute Gasteiger partial charge is 0.465 e. The molecule has 0 amide bonds. The molecule has 31 heavy (non-hydrogen) atoms. The van der Waals surface area contributed by atoms with Gasteiger partial charge in [-0.25, -0.2) is 13.6 Å². The van der Waals surface area contributed by atoms with Crippen LogP contribution in [0.1, 0.15) is 35.3 Å². The van der Waals surface area contributed by atoms with Crippen molar-refractivity contribution in [2.75, 3.05) is 7.11 Å². The molecule has 160 valence electrons. The quantitative estimate of drug-likeness (QED) is 0.394. The minimum Gasteiger partial charge on any atom is -0.465 e. The number of halogens is 2. The van der Waals surface area contributed by atoms with Crippen LogP contribution < -0.4 is 4.74 Å². The van der Waals surface area contributed by atoms with Gasteiger partial charge in [-0.1, -0.05) is 50.2 Å². The number of allylic oxidation sites excluding steroid dienone is 2. The molecule has 3 rings (SSSR count). The van der Waals surface area contributed by atoms with E-state index in [1.165, 1.54) is 25.3 Å². The molecule has 0 aromatic heterocycles. The van der Waals surface area contributed by atoms with Crippen LogP contribution in [0.3, 0.4) is 0 Å². The van der Waals surface area contributed by atoms with Crippen molar-refractivity contribution in [3.05, 3.63) is 107 Å². The number of carbonyl (C=O) groups is 1. The van der Waals surface area contributed by atoms with E-state index in [2.05, 4.69) is 0 Å². The van der Waals surface area contributed by atoms with Gasteiger partial charge in [0.15, 0.2) is 0 Å². The number of rotatable bonds is 7. The van der Waals surface area contributed by atoms with Crippen LogP contribution in [0.4, 0.5) is 8.78 Å². The molecular weight excluding hydrogens is 398 g/mol. The Morgan fingerprint density at radius 3 is 2.32 bits per heavy atom. The van der Waals surface area contributed by atoms with Crippen molar-refractivity contribution in [1.29, 1.82) is 0 Å². The van der Waals surface area contributed by atoms with Gasteiger partial charge in [-0.05, 0) is 53.6 Å². The van der Waals surface area contributed by atoms with Crippen LogP contribution in [0.15, 0.2) is 84.7 Å². The molecule has 3 aromatic rings. The van der Waals surface area contributed by atoms with Gasteiger partial charge in [0.2, 0.25) is 0 Å². The number of benzene rings is 3. The fraction of sp³-hybridized carbons (Fsp3) is 0.192. The number of esters is 1. The third kappa shape index (κ3) is 5.79. The third-order valence-electron chi connectivity index (χ3n) is 4.90. The standard InChI is InChI=1S/C26H24F2O3/c1-26(2,19-10-12-20(27)13-11-19)17-21(28)15-18-9-14-23(25(29)30-3)24(16-18)31-22-7-5-4-6-8-22/h4-14,16-17H,15H2,1-3H3/b21-17-. The lowest BCUT2D eigenvalue weighted by atomic mass is 9.83. The molecule has 0 aliphatic rings. The van der Waals surface area contributed by atoms with Crippen molar-refractivity contribution in [2.45, 2.75) is 25.7 Å². The first-order valence-corrected chi connectivity index (χ1v) is 9.86. The average molecular weight is 422 g/mol. The van der Waals surface area contributed by atoms with Gasteiger partial charge in [-0.2, -0.15) is 0 Å². The molecule has 3 aromatic carbocycles. The molecule has 5 heteroatoms. The number of ether oxygens (including phenoxy) is 2. The maximum absolute atomic E-state index is 14.9. The molecule has 0 N–H and O–H groups in total. The van der Waals surface area contributed by atoms with Gasteiger partial charge in [0.25, 0.3) is 0 Å². The Morgan fingerprint density at radius 1 is 1.00 bits per heavy atom. The van der Waals surface area contributed by atoms with Crippen molar-refractivity contribution in [2.24, 2.45) is 0 Å². The summed E-state index contributed by atoms with van der Waals surface area (Å²) in [6.07, 6.45) is 1.55. The van der Waals surface area contributed by atoms with E-state index in [1.807, 2.05) is 32.0 Å².